The van der Waals surface area contributed by atoms with E-state index in [9.17, 15) is 9.59 Å². The molecule has 1 amide bonds. The predicted molar refractivity (Wildman–Crippen MR) is 110 cm³/mol. The van der Waals surface area contributed by atoms with E-state index in [1.54, 1.807) is 0 Å². The molecule has 0 aliphatic heterocycles. The summed E-state index contributed by atoms with van der Waals surface area (Å²) in [6.45, 7) is -0.520. The number of carbonyl (C=O) groups excluding carboxylic acids is 2. The number of hydrogen-bond donors (Lipinski definition) is 4. The number of unbranched alkanes of at least 4 members (excludes halogenated alkanes) is 10. The number of hydrogen-bond acceptors (Lipinski definition) is 6. The van der Waals surface area contributed by atoms with E-state index in [1.165, 1.54) is 32.1 Å². The lowest BCUT2D eigenvalue weighted by molar-refractivity contribution is -0.147. The second-order valence-corrected chi connectivity index (χ2v) is 7.17. The van der Waals surface area contributed by atoms with Crippen molar-refractivity contribution in [3.05, 3.63) is 12.2 Å². The molecule has 0 aromatic rings. The molecule has 0 bridgehead atoms. The summed E-state index contributed by atoms with van der Waals surface area (Å²) in [4.78, 5) is 22.3. The van der Waals surface area contributed by atoms with Gasteiger partial charge in [0.2, 0.25) is 5.91 Å². The van der Waals surface area contributed by atoms with E-state index in [1.807, 2.05) is 0 Å². The first kappa shape index (κ1) is 26.6. The molecular weight excluding hydrogens is 360 g/mol. The molecular formula is C21H40N2O5. The van der Waals surface area contributed by atoms with E-state index in [2.05, 4.69) is 17.6 Å². The summed E-state index contributed by atoms with van der Waals surface area (Å²) in [5, 5.41) is 17.7. The maximum Gasteiger partial charge on any atom is 0.305 e. The van der Waals surface area contributed by atoms with Gasteiger partial charge >= 0.3 is 5.97 Å². The number of rotatable bonds is 19. The van der Waals surface area contributed by atoms with Gasteiger partial charge in [0, 0.05) is 12.8 Å². The van der Waals surface area contributed by atoms with Crippen LogP contribution in [0.15, 0.2) is 12.2 Å². The lowest BCUT2D eigenvalue weighted by Gasteiger charge is -2.08. The van der Waals surface area contributed by atoms with Gasteiger partial charge in [0.1, 0.15) is 12.7 Å². The average molecular weight is 401 g/mol. The van der Waals surface area contributed by atoms with Crippen LogP contribution in [0.1, 0.15) is 89.9 Å². The maximum atomic E-state index is 11.4. The molecule has 0 saturated carbocycles. The Morgan fingerprint density at radius 1 is 0.857 bits per heavy atom. The molecule has 1 unspecified atom stereocenters. The molecule has 0 aliphatic rings. The topological polar surface area (TPSA) is 122 Å². The van der Waals surface area contributed by atoms with Crippen LogP contribution in [0.25, 0.3) is 0 Å². The van der Waals surface area contributed by atoms with Crippen LogP contribution in [0.5, 0.6) is 0 Å². The van der Waals surface area contributed by atoms with E-state index >= 15 is 0 Å². The minimum absolute atomic E-state index is 0.0829. The Bertz CT molecular complexity index is 416. The molecule has 0 saturated heterocycles. The van der Waals surface area contributed by atoms with Crippen molar-refractivity contribution in [1.82, 2.24) is 5.43 Å². The molecule has 0 aromatic heterocycles. The summed E-state index contributed by atoms with van der Waals surface area (Å²) in [6.07, 6.45) is 17.5. The number of nitrogens with one attached hydrogen (secondary N) is 1. The highest BCUT2D eigenvalue weighted by Crippen LogP contribution is 2.10. The van der Waals surface area contributed by atoms with Crippen molar-refractivity contribution in [2.75, 3.05) is 13.2 Å². The largest absolute Gasteiger partial charge is 0.463 e. The van der Waals surface area contributed by atoms with Crippen molar-refractivity contribution in [1.29, 1.82) is 0 Å². The number of esters is 1. The minimum atomic E-state index is -0.979. The fourth-order valence-electron chi connectivity index (χ4n) is 2.76. The van der Waals surface area contributed by atoms with Crippen LogP contribution in [0.4, 0.5) is 0 Å². The van der Waals surface area contributed by atoms with Crippen molar-refractivity contribution >= 4 is 11.9 Å². The summed E-state index contributed by atoms with van der Waals surface area (Å²) in [5.41, 5.74) is 2.15. The van der Waals surface area contributed by atoms with E-state index in [-0.39, 0.29) is 18.5 Å². The number of allylic oxidation sites excluding steroid dienone is 2. The predicted octanol–water partition coefficient (Wildman–Crippen LogP) is 2.89. The Balaban J connectivity index is 3.26. The molecule has 0 rings (SSSR count). The molecule has 0 aliphatic carbocycles. The second kappa shape index (κ2) is 20.3. The number of ether oxygens (including phenoxy) is 1. The van der Waals surface area contributed by atoms with Gasteiger partial charge in [-0.15, -0.1) is 0 Å². The van der Waals surface area contributed by atoms with Crippen molar-refractivity contribution < 1.29 is 24.5 Å². The average Bonchev–Trinajstić information content (AvgIpc) is 2.71. The molecule has 7 heteroatoms. The minimum Gasteiger partial charge on any atom is -0.463 e. The molecule has 0 heterocycles. The first-order valence-electron chi connectivity index (χ1n) is 10.7. The van der Waals surface area contributed by atoms with E-state index < -0.39 is 12.7 Å². The van der Waals surface area contributed by atoms with Gasteiger partial charge in [0.15, 0.2) is 0 Å². The van der Waals surface area contributed by atoms with Crippen LogP contribution >= 0.6 is 0 Å². The van der Waals surface area contributed by atoms with Crippen molar-refractivity contribution in [3.63, 3.8) is 0 Å². The van der Waals surface area contributed by atoms with Crippen molar-refractivity contribution in [3.8, 4) is 0 Å². The van der Waals surface area contributed by atoms with Gasteiger partial charge in [-0.2, -0.15) is 0 Å². The molecule has 1 atom stereocenters. The summed E-state index contributed by atoms with van der Waals surface area (Å²) in [5.74, 6) is 4.64. The van der Waals surface area contributed by atoms with Gasteiger partial charge in [0.05, 0.1) is 6.61 Å². The van der Waals surface area contributed by atoms with E-state index in [4.69, 9.17) is 20.8 Å². The number of aliphatic hydroxyl groups is 2. The SMILES string of the molecule is NNC(=O)CCCCCCC/C=C\CCCCCCCC(=O)OCC(O)CO. The second-order valence-electron chi connectivity index (χ2n) is 7.17. The number of hydrazine groups is 1. The maximum absolute atomic E-state index is 11.4. The van der Waals surface area contributed by atoms with E-state index in [0.29, 0.717) is 12.8 Å². The lowest BCUT2D eigenvalue weighted by atomic mass is 10.1. The Morgan fingerprint density at radius 3 is 1.89 bits per heavy atom. The summed E-state index contributed by atoms with van der Waals surface area (Å²) >= 11 is 0. The van der Waals surface area contributed by atoms with Gasteiger partial charge in [-0.1, -0.05) is 50.7 Å². The number of carbonyl (C=O) groups is 2. The van der Waals surface area contributed by atoms with Crippen LogP contribution in [-0.4, -0.2) is 41.4 Å². The normalized spacial score (nSPS) is 12.2. The zero-order valence-corrected chi connectivity index (χ0v) is 17.2. The highest BCUT2D eigenvalue weighted by Gasteiger charge is 2.07. The zero-order valence-electron chi connectivity index (χ0n) is 17.2. The van der Waals surface area contributed by atoms with Gasteiger partial charge in [-0.05, 0) is 38.5 Å². The Kier molecular flexibility index (Phi) is 19.3. The molecule has 0 fully saturated rings. The van der Waals surface area contributed by atoms with Crippen LogP contribution < -0.4 is 11.3 Å². The van der Waals surface area contributed by atoms with Crippen LogP contribution in [0, 0.1) is 0 Å². The van der Waals surface area contributed by atoms with Gasteiger partial charge in [-0.3, -0.25) is 15.0 Å². The first-order chi connectivity index (χ1) is 13.6. The van der Waals surface area contributed by atoms with Crippen LogP contribution in [0.2, 0.25) is 0 Å². The Morgan fingerprint density at radius 2 is 1.36 bits per heavy atom. The molecule has 0 spiro atoms. The smallest absolute Gasteiger partial charge is 0.305 e. The number of nitrogens with two attached hydrogens (primary N) is 1. The Labute approximate surface area is 169 Å². The summed E-state index contributed by atoms with van der Waals surface area (Å²) < 4.78 is 4.85. The molecule has 164 valence electrons. The number of amides is 1. The van der Waals surface area contributed by atoms with E-state index in [0.717, 1.165) is 44.9 Å². The highest BCUT2D eigenvalue weighted by molar-refractivity contribution is 5.75. The third-order valence-corrected chi connectivity index (χ3v) is 4.50. The van der Waals surface area contributed by atoms with Crippen LogP contribution in [0.3, 0.4) is 0 Å². The summed E-state index contributed by atoms with van der Waals surface area (Å²) in [7, 11) is 0. The van der Waals surface area contributed by atoms with Gasteiger partial charge in [0.25, 0.3) is 0 Å². The van der Waals surface area contributed by atoms with Gasteiger partial charge < -0.3 is 14.9 Å². The van der Waals surface area contributed by atoms with Crippen LogP contribution in [-0.2, 0) is 14.3 Å². The highest BCUT2D eigenvalue weighted by atomic mass is 16.5. The molecule has 0 aromatic carbocycles. The zero-order chi connectivity index (χ0) is 20.9. The van der Waals surface area contributed by atoms with Crippen molar-refractivity contribution in [2.24, 2.45) is 5.84 Å². The fraction of sp³-hybridized carbons (Fsp3) is 0.810. The third kappa shape index (κ3) is 19.3. The fourth-order valence-corrected chi connectivity index (χ4v) is 2.76. The molecule has 7 nitrogen and oxygen atoms in total. The molecule has 28 heavy (non-hydrogen) atoms. The molecule has 0 radical (unpaired) electrons. The Hall–Kier alpha value is -1.44. The quantitative estimate of drug-likeness (QED) is 0.0660. The number of aliphatic hydroxyl groups excluding tert-OH is 2. The third-order valence-electron chi connectivity index (χ3n) is 4.50. The summed E-state index contributed by atoms with van der Waals surface area (Å²) in [6, 6.07) is 0. The standard InChI is InChI=1S/C21H40N2O5/c22-23-20(26)15-13-11-9-7-5-3-1-2-4-6-8-10-12-14-16-21(27)28-18-19(25)17-24/h1-2,19,24-25H,3-18,22H2,(H,23,26)/b2-1-. The van der Waals surface area contributed by atoms with Crippen molar-refractivity contribution in [2.45, 2.75) is 96.0 Å². The monoisotopic (exact) mass is 400 g/mol. The molecule has 5 N–H and O–H groups in total. The first-order valence-corrected chi connectivity index (χ1v) is 10.7. The lowest BCUT2D eigenvalue weighted by Crippen LogP contribution is -2.29. The van der Waals surface area contributed by atoms with Gasteiger partial charge in [-0.25, -0.2) is 5.84 Å².